The van der Waals surface area contributed by atoms with Gasteiger partial charge in [-0.15, -0.1) is 0 Å². The van der Waals surface area contributed by atoms with E-state index in [1.165, 1.54) is 28.2 Å². The molecular weight excluding hydrogens is 430 g/mol. The number of amides is 1. The molecule has 0 aliphatic carbocycles. The maximum atomic E-state index is 13.0. The number of aryl methyl sites for hydroxylation is 1. The van der Waals surface area contributed by atoms with Gasteiger partial charge in [-0.3, -0.25) is 4.79 Å². The molecular formula is C23H25N3O5S. The molecule has 32 heavy (non-hydrogen) atoms. The van der Waals surface area contributed by atoms with Crippen molar-refractivity contribution in [2.24, 2.45) is 7.05 Å². The van der Waals surface area contributed by atoms with Crippen molar-refractivity contribution >= 4 is 43.6 Å². The fraction of sp³-hybridized carbons (Fsp3) is 0.261. The average Bonchev–Trinajstić information content (AvgIpc) is 3.34. The van der Waals surface area contributed by atoms with Gasteiger partial charge in [0.05, 0.1) is 12.8 Å². The Labute approximate surface area is 186 Å². The second kappa shape index (κ2) is 8.33. The van der Waals surface area contributed by atoms with Crippen molar-refractivity contribution in [1.29, 1.82) is 0 Å². The molecule has 8 nitrogen and oxygen atoms in total. The molecule has 9 heteroatoms. The number of nitrogens with zero attached hydrogens (tertiary/aromatic N) is 2. The number of nitrogens with one attached hydrogen (secondary N) is 1. The van der Waals surface area contributed by atoms with Gasteiger partial charge in [0.2, 0.25) is 10.0 Å². The van der Waals surface area contributed by atoms with E-state index in [-0.39, 0.29) is 10.6 Å². The van der Waals surface area contributed by atoms with Crippen LogP contribution in [-0.4, -0.2) is 43.4 Å². The van der Waals surface area contributed by atoms with Crippen LogP contribution >= 0.6 is 0 Å². The van der Waals surface area contributed by atoms with E-state index in [0.29, 0.717) is 30.1 Å². The lowest BCUT2D eigenvalue weighted by molar-refractivity contribution is 0.101. The number of carbonyl (C=O) groups is 1. The number of hydrogen-bond acceptors (Lipinski definition) is 5. The second-order valence-electron chi connectivity index (χ2n) is 7.36. The maximum Gasteiger partial charge on any atom is 0.272 e. The minimum absolute atomic E-state index is 0.0774. The molecule has 0 bridgehead atoms. The summed E-state index contributed by atoms with van der Waals surface area (Å²) in [5.74, 6) is 0.0184. The van der Waals surface area contributed by atoms with E-state index >= 15 is 0 Å². The average molecular weight is 456 g/mol. The zero-order valence-corrected chi connectivity index (χ0v) is 19.2. The van der Waals surface area contributed by atoms with Gasteiger partial charge < -0.3 is 19.0 Å². The van der Waals surface area contributed by atoms with E-state index in [2.05, 4.69) is 5.32 Å². The fourth-order valence-corrected chi connectivity index (χ4v) is 5.35. The molecule has 0 saturated carbocycles. The van der Waals surface area contributed by atoms with Gasteiger partial charge in [-0.1, -0.05) is 32.0 Å². The number of benzene rings is 2. The van der Waals surface area contributed by atoms with Crippen LogP contribution in [0.25, 0.3) is 21.9 Å². The number of ether oxygens (including phenoxy) is 1. The van der Waals surface area contributed by atoms with Gasteiger partial charge in [0.15, 0.2) is 0 Å². The quantitative estimate of drug-likeness (QED) is 0.450. The standard InChI is InChI=1S/C23H25N3O5S/c1-5-26(6-2)32(28,29)15-11-19(25(3)14-15)23(27)24-18-13-21-17(12-22(18)30-4)16-9-7-8-10-20(16)31-21/h7-14H,5-6H2,1-4H3,(H,24,27). The number of fused-ring (bicyclic) bond motifs is 3. The summed E-state index contributed by atoms with van der Waals surface area (Å²) in [7, 11) is -0.514. The predicted molar refractivity (Wildman–Crippen MR) is 124 cm³/mol. The van der Waals surface area contributed by atoms with E-state index in [4.69, 9.17) is 9.15 Å². The van der Waals surface area contributed by atoms with Gasteiger partial charge in [0.25, 0.3) is 5.91 Å². The number of carbonyl (C=O) groups excluding carboxylic acids is 1. The van der Waals surface area contributed by atoms with Crippen LogP contribution in [0.1, 0.15) is 24.3 Å². The molecule has 0 fully saturated rings. The van der Waals surface area contributed by atoms with Crippen LogP contribution < -0.4 is 10.1 Å². The van der Waals surface area contributed by atoms with Crippen LogP contribution in [0.3, 0.4) is 0 Å². The number of hydrogen-bond donors (Lipinski definition) is 1. The Morgan fingerprint density at radius 1 is 1.09 bits per heavy atom. The maximum absolute atomic E-state index is 13.0. The number of aromatic nitrogens is 1. The summed E-state index contributed by atoms with van der Waals surface area (Å²) in [6, 6.07) is 12.6. The number of methoxy groups -OCH3 is 1. The lowest BCUT2D eigenvalue weighted by Gasteiger charge is -2.17. The summed E-state index contributed by atoms with van der Waals surface area (Å²) in [6.07, 6.45) is 1.45. The van der Waals surface area contributed by atoms with E-state index in [0.717, 1.165) is 16.4 Å². The first-order valence-corrected chi connectivity index (χ1v) is 11.7. The van der Waals surface area contributed by atoms with Crippen molar-refractivity contribution in [3.8, 4) is 5.75 Å². The Kier molecular flexibility index (Phi) is 5.70. The number of rotatable bonds is 7. The Morgan fingerprint density at radius 2 is 1.81 bits per heavy atom. The second-order valence-corrected chi connectivity index (χ2v) is 9.30. The number of anilines is 1. The number of furan rings is 1. The molecule has 0 atom stereocenters. The van der Waals surface area contributed by atoms with Gasteiger partial charge in [-0.25, -0.2) is 8.42 Å². The smallest absolute Gasteiger partial charge is 0.272 e. The largest absolute Gasteiger partial charge is 0.495 e. The van der Waals surface area contributed by atoms with E-state index in [1.54, 1.807) is 27.0 Å². The topological polar surface area (TPSA) is 93.8 Å². The molecule has 4 rings (SSSR count). The fourth-order valence-electron chi connectivity index (χ4n) is 3.82. The zero-order chi connectivity index (χ0) is 23.0. The van der Waals surface area contributed by atoms with Crippen LogP contribution in [0.4, 0.5) is 5.69 Å². The lowest BCUT2D eigenvalue weighted by atomic mass is 10.1. The first kappa shape index (κ1) is 21.9. The van der Waals surface area contributed by atoms with Crippen LogP contribution in [0, 0.1) is 0 Å². The van der Waals surface area contributed by atoms with E-state index in [9.17, 15) is 13.2 Å². The van der Waals surface area contributed by atoms with Gasteiger partial charge in [-0.05, 0) is 18.2 Å². The van der Waals surface area contributed by atoms with Crippen molar-refractivity contribution in [3.05, 3.63) is 54.4 Å². The molecule has 1 amide bonds. The summed E-state index contributed by atoms with van der Waals surface area (Å²) >= 11 is 0. The highest BCUT2D eigenvalue weighted by Gasteiger charge is 2.26. The van der Waals surface area contributed by atoms with Crippen LogP contribution in [0.15, 0.2) is 58.0 Å². The predicted octanol–water partition coefficient (Wildman–Crippen LogP) is 4.22. The van der Waals surface area contributed by atoms with Crippen LogP contribution in [0.5, 0.6) is 5.75 Å². The summed E-state index contributed by atoms with van der Waals surface area (Å²) in [4.78, 5) is 13.1. The number of sulfonamides is 1. The molecule has 2 aromatic carbocycles. The first-order valence-electron chi connectivity index (χ1n) is 10.3. The molecule has 0 aliphatic heterocycles. The molecule has 0 radical (unpaired) electrons. The molecule has 0 spiro atoms. The third kappa shape index (κ3) is 3.63. The van der Waals surface area contributed by atoms with Crippen molar-refractivity contribution in [1.82, 2.24) is 8.87 Å². The Morgan fingerprint density at radius 3 is 2.50 bits per heavy atom. The van der Waals surface area contributed by atoms with Crippen molar-refractivity contribution in [2.75, 3.05) is 25.5 Å². The zero-order valence-electron chi connectivity index (χ0n) is 18.4. The normalized spacial score (nSPS) is 12.0. The summed E-state index contributed by atoms with van der Waals surface area (Å²) in [6.45, 7) is 4.25. The van der Waals surface area contributed by atoms with Gasteiger partial charge >= 0.3 is 0 Å². The van der Waals surface area contributed by atoms with Crippen LogP contribution in [0.2, 0.25) is 0 Å². The third-order valence-corrected chi connectivity index (χ3v) is 7.52. The molecule has 2 aromatic heterocycles. The summed E-state index contributed by atoms with van der Waals surface area (Å²) in [5, 5.41) is 4.65. The SMILES string of the molecule is CCN(CC)S(=O)(=O)c1cc(C(=O)Nc2cc3oc4ccccc4c3cc2OC)n(C)c1. The third-order valence-electron chi connectivity index (χ3n) is 5.50. The Hall–Kier alpha value is -3.30. The van der Waals surface area contributed by atoms with Crippen molar-refractivity contribution in [2.45, 2.75) is 18.7 Å². The molecule has 168 valence electrons. The minimum atomic E-state index is -3.67. The minimum Gasteiger partial charge on any atom is -0.495 e. The van der Waals surface area contributed by atoms with Crippen LogP contribution in [-0.2, 0) is 17.1 Å². The number of para-hydroxylation sites is 1. The molecule has 1 N–H and O–H groups in total. The first-order chi connectivity index (χ1) is 15.3. The molecule has 2 heterocycles. The summed E-state index contributed by atoms with van der Waals surface area (Å²) < 4.78 is 39.9. The molecule has 4 aromatic rings. The summed E-state index contributed by atoms with van der Waals surface area (Å²) in [5.41, 5.74) is 1.99. The highest BCUT2D eigenvalue weighted by molar-refractivity contribution is 7.89. The van der Waals surface area contributed by atoms with Gasteiger partial charge in [0.1, 0.15) is 27.5 Å². The van der Waals surface area contributed by atoms with E-state index in [1.807, 2.05) is 30.3 Å². The highest BCUT2D eigenvalue weighted by Crippen LogP contribution is 2.36. The lowest BCUT2D eigenvalue weighted by Crippen LogP contribution is -2.30. The molecule has 0 saturated heterocycles. The monoisotopic (exact) mass is 455 g/mol. The highest BCUT2D eigenvalue weighted by atomic mass is 32.2. The van der Waals surface area contributed by atoms with Crippen molar-refractivity contribution < 1.29 is 22.4 Å². The van der Waals surface area contributed by atoms with Crippen molar-refractivity contribution in [3.63, 3.8) is 0 Å². The Balaban J connectivity index is 1.70. The molecule has 0 aliphatic rings. The van der Waals surface area contributed by atoms with Gasteiger partial charge in [-0.2, -0.15) is 4.31 Å². The van der Waals surface area contributed by atoms with Gasteiger partial charge in [0, 0.05) is 43.2 Å². The Bertz CT molecular complexity index is 1410. The molecule has 0 unspecified atom stereocenters. The van der Waals surface area contributed by atoms with E-state index < -0.39 is 15.9 Å².